The van der Waals surface area contributed by atoms with Gasteiger partial charge in [-0.15, -0.1) is 0 Å². The minimum absolute atomic E-state index is 0.265. The topological polar surface area (TPSA) is 0 Å². The summed E-state index contributed by atoms with van der Waals surface area (Å²) in [5.41, 5.74) is 18.6. The van der Waals surface area contributed by atoms with Crippen LogP contribution in [-0.4, -0.2) is 0 Å². The summed E-state index contributed by atoms with van der Waals surface area (Å²) >= 11 is 0. The van der Waals surface area contributed by atoms with E-state index in [1.54, 1.807) is 22.3 Å². The summed E-state index contributed by atoms with van der Waals surface area (Å²) in [5.74, 6) is 5.64. The van der Waals surface area contributed by atoms with Crippen LogP contribution in [0.2, 0.25) is 0 Å². The van der Waals surface area contributed by atoms with Crippen molar-refractivity contribution in [3.63, 3.8) is 0 Å². The summed E-state index contributed by atoms with van der Waals surface area (Å²) in [7, 11) is 0. The van der Waals surface area contributed by atoms with Crippen molar-refractivity contribution in [3.8, 4) is 22.3 Å². The Bertz CT molecular complexity index is 3960. The summed E-state index contributed by atoms with van der Waals surface area (Å²) in [6.07, 6.45) is 23.6. The van der Waals surface area contributed by atoms with Crippen LogP contribution in [0.1, 0.15) is 480 Å². The lowest BCUT2D eigenvalue weighted by Crippen LogP contribution is -2.56. The summed E-state index contributed by atoms with van der Waals surface area (Å²) < 4.78 is 0. The molecule has 0 spiro atoms. The first-order valence-corrected chi connectivity index (χ1v) is 61.6. The van der Waals surface area contributed by atoms with E-state index in [2.05, 4.69) is 315 Å². The van der Waals surface area contributed by atoms with Crippen LogP contribution in [-0.2, 0) is 28.1 Å². The summed E-state index contributed by atoms with van der Waals surface area (Å²) in [4.78, 5) is 0. The van der Waals surface area contributed by atoms with Gasteiger partial charge in [0.15, 0.2) is 0 Å². The largest absolute Gasteiger partial charge is 0.0683 e. The molecule has 0 nitrogen and oxygen atoms in total. The molecule has 147 heavy (non-hydrogen) atoms. The second kappa shape index (κ2) is 119. The van der Waals surface area contributed by atoms with Crippen LogP contribution in [0.4, 0.5) is 0 Å². The molecule has 9 saturated carbocycles. The van der Waals surface area contributed by atoms with Crippen molar-refractivity contribution in [2.75, 3.05) is 0 Å². The molecular weight excluding hydrogens is 1770 g/mol. The zero-order valence-electron chi connectivity index (χ0n) is 106. The molecule has 9 aliphatic rings. The molecule has 0 atom stereocenters. The van der Waals surface area contributed by atoms with Crippen molar-refractivity contribution >= 4 is 0 Å². The van der Waals surface area contributed by atoms with E-state index in [0.717, 1.165) is 41.9 Å². The molecule has 0 aliphatic heterocycles. The Kier molecular flexibility index (Phi) is 129. The molecule has 832 valence electrons. The monoisotopic (exact) mass is 2010 g/mol. The Morgan fingerprint density at radius 1 is 0.163 bits per heavy atom. The Balaban J connectivity index is -0.000000157. The second-order valence-electron chi connectivity index (χ2n) is 30.1. The third kappa shape index (κ3) is 58.0. The average molecular weight is 2010 g/mol. The van der Waals surface area contributed by atoms with E-state index < -0.39 is 0 Å². The molecule has 9 fully saturated rings. The third-order valence-corrected chi connectivity index (χ3v) is 24.0. The molecule has 0 heteroatoms. The Morgan fingerprint density at radius 3 is 0.551 bits per heavy atom. The standard InChI is InChI=1S/2C22H24.C18H20.C18H14.C13H12.C6H6.24C2H6/c1-3-7-19(8-4-1)21-12-17-11-18(13-21)15-22(14-17,16-21)20-9-5-2-6-10-20;1-3-7-18(8-4-1)22(19-9-5-2-6-10-19)20-12-16-11-17(14-20)15-21(22)13-16;1-4-10-16(11-5-1)18(14-8-3-9-15-18)17-12-6-2-7-13-17;1-3-7-15(8-4-1)17-11-13-18(14-12-17)16-9-5-2-6-10-16;1-3-7-12(8-4-1)11-13-9-5-2-6-10-13;1-2-4-6-5-3-1;24*1-2/h1-10,17-18H,11-16H2;1-10,16-17,20-21H,11-15H2;1-2,4-7,10-13H,3,8-9,14-15H2;1-14H;1-10H,11H2;1-6H;24*1-2H3. The van der Waals surface area contributed by atoms with Crippen LogP contribution in [0.3, 0.4) is 0 Å². The van der Waals surface area contributed by atoms with E-state index in [0.29, 0.717) is 10.8 Å². The average Bonchev–Trinajstić information content (AvgIpc) is 0.706. The normalized spacial score (nSPS) is 16.7. The molecule has 0 N–H and O–H groups in total. The van der Waals surface area contributed by atoms with Gasteiger partial charge in [-0.2, -0.15) is 0 Å². The van der Waals surface area contributed by atoms with Crippen LogP contribution < -0.4 is 0 Å². The van der Waals surface area contributed by atoms with E-state index in [1.807, 2.05) is 381 Å². The molecule has 12 aromatic carbocycles. The highest BCUT2D eigenvalue weighted by Gasteiger charge is 2.60. The van der Waals surface area contributed by atoms with Crippen molar-refractivity contribution in [1.82, 2.24) is 0 Å². The zero-order chi connectivity index (χ0) is 115. The molecule has 0 amide bonds. The molecule has 0 unspecified atom stereocenters. The van der Waals surface area contributed by atoms with Gasteiger partial charge in [0.2, 0.25) is 0 Å². The number of rotatable bonds is 10. The van der Waals surface area contributed by atoms with Crippen molar-refractivity contribution in [3.05, 3.63) is 408 Å². The van der Waals surface area contributed by atoms with Gasteiger partial charge in [-0.25, -0.2) is 0 Å². The first kappa shape index (κ1) is 160. The smallest absolute Gasteiger partial charge is 0.0259 e. The molecular formula is C147H244. The molecule has 0 saturated heterocycles. The highest BCUT2D eigenvalue weighted by molar-refractivity contribution is 5.70. The van der Waals surface area contributed by atoms with E-state index in [4.69, 9.17) is 0 Å². The Morgan fingerprint density at radius 2 is 0.333 bits per heavy atom. The Hall–Kier alpha value is -9.36. The third-order valence-electron chi connectivity index (χ3n) is 24.0. The van der Waals surface area contributed by atoms with Gasteiger partial charge < -0.3 is 0 Å². The van der Waals surface area contributed by atoms with Gasteiger partial charge in [0.25, 0.3) is 0 Å². The van der Waals surface area contributed by atoms with Crippen LogP contribution in [0, 0.1) is 35.5 Å². The maximum Gasteiger partial charge on any atom is 0.0259 e. The maximum absolute atomic E-state index is 2.40. The predicted octanol–water partition coefficient (Wildman–Crippen LogP) is 50.5. The number of hydrogen-bond donors (Lipinski definition) is 0. The van der Waals surface area contributed by atoms with Gasteiger partial charge in [-0.3, -0.25) is 0 Å². The van der Waals surface area contributed by atoms with Crippen LogP contribution in [0.25, 0.3) is 22.3 Å². The van der Waals surface area contributed by atoms with Crippen molar-refractivity contribution < 1.29 is 0 Å². The van der Waals surface area contributed by atoms with Gasteiger partial charge in [0.1, 0.15) is 0 Å². The fourth-order valence-corrected chi connectivity index (χ4v) is 20.3. The van der Waals surface area contributed by atoms with Crippen LogP contribution >= 0.6 is 0 Å². The fourth-order valence-electron chi connectivity index (χ4n) is 20.3. The van der Waals surface area contributed by atoms with Gasteiger partial charge >= 0.3 is 0 Å². The lowest BCUT2D eigenvalue weighted by atomic mass is 9.42. The minimum Gasteiger partial charge on any atom is -0.0683 e. The summed E-state index contributed by atoms with van der Waals surface area (Å²) in [6.45, 7) is 96.0. The van der Waals surface area contributed by atoms with Gasteiger partial charge in [-0.1, -0.05) is 716 Å². The highest BCUT2D eigenvalue weighted by atomic mass is 14.6. The van der Waals surface area contributed by atoms with E-state index in [1.165, 1.54) is 147 Å². The first-order valence-electron chi connectivity index (χ1n) is 61.6. The lowest BCUT2D eigenvalue weighted by molar-refractivity contribution is -0.0418. The van der Waals surface area contributed by atoms with E-state index in [9.17, 15) is 0 Å². The number of hydrogen-bond acceptors (Lipinski definition) is 0. The van der Waals surface area contributed by atoms with Crippen LogP contribution in [0.5, 0.6) is 0 Å². The van der Waals surface area contributed by atoms with Gasteiger partial charge in [0.05, 0.1) is 0 Å². The highest BCUT2D eigenvalue weighted by Crippen LogP contribution is 2.67. The molecule has 0 aromatic heterocycles. The van der Waals surface area contributed by atoms with Crippen molar-refractivity contribution in [2.24, 2.45) is 35.5 Å². The SMILES string of the molecule is CC.CC.CC.CC.CC.CC.CC.CC.CC.CC.CC.CC.CC.CC.CC.CC.CC.CC.CC.CC.CC.CC.CC.CC.c1ccc(-c2ccc(-c3ccccc3)cc2)cc1.c1ccc(C2(c3ccccc3)C3CC4CC(C3)CC2C4)cc1.c1ccc(C2(c3ccccc3)CCCCC2)cc1.c1ccc(C23CC4CC(C2)CC(c2ccccc2)(C4)C3)cc1.c1ccc(Cc2ccccc2)cc1.c1ccccc1. The quantitative estimate of drug-likeness (QED) is 0.128. The van der Waals surface area contributed by atoms with Gasteiger partial charge in [-0.05, 0) is 203 Å². The second-order valence-corrected chi connectivity index (χ2v) is 30.1. The molecule has 8 bridgehead atoms. The minimum atomic E-state index is 0.265. The van der Waals surface area contributed by atoms with Crippen molar-refractivity contribution in [1.29, 1.82) is 0 Å². The zero-order valence-corrected chi connectivity index (χ0v) is 106. The van der Waals surface area contributed by atoms with Crippen molar-refractivity contribution in [2.45, 2.75) is 463 Å². The van der Waals surface area contributed by atoms with Crippen LogP contribution in [0.15, 0.2) is 364 Å². The predicted molar refractivity (Wildman–Crippen MR) is 690 cm³/mol. The fraction of sp³-hybridized carbons (Fsp3) is 0.510. The van der Waals surface area contributed by atoms with Gasteiger partial charge in [0, 0.05) is 10.8 Å². The molecule has 9 aliphatic carbocycles. The molecule has 12 aromatic rings. The molecule has 0 radical (unpaired) electrons. The van der Waals surface area contributed by atoms with E-state index in [-0.39, 0.29) is 10.8 Å². The molecule has 21 rings (SSSR count). The summed E-state index contributed by atoms with van der Waals surface area (Å²) in [6, 6.07) is 131. The van der Waals surface area contributed by atoms with E-state index >= 15 is 0 Å². The number of benzene rings is 12. The first-order chi connectivity index (χ1) is 73.0. The lowest BCUT2D eigenvalue weighted by Gasteiger charge is -2.62. The molecule has 0 heterocycles. The maximum atomic E-state index is 2.40. The summed E-state index contributed by atoms with van der Waals surface area (Å²) in [5, 5.41) is 0. The Labute approximate surface area is 923 Å².